The molecule has 8 nitrogen and oxygen atoms in total. The van der Waals surface area contributed by atoms with E-state index in [0.29, 0.717) is 17.8 Å². The fraction of sp³-hybridized carbons (Fsp3) is 0.389. The molecule has 0 saturated carbocycles. The highest BCUT2D eigenvalue weighted by atomic mass is 16.3. The molecule has 0 spiro atoms. The minimum atomic E-state index is -0.523. The van der Waals surface area contributed by atoms with Crippen LogP contribution in [0.5, 0.6) is 0 Å². The van der Waals surface area contributed by atoms with E-state index in [2.05, 4.69) is 10.6 Å². The van der Waals surface area contributed by atoms with Crippen LogP contribution in [0, 0.1) is 0 Å². The molecule has 3 N–H and O–H groups in total. The number of carbonyl (C=O) groups is 3. The van der Waals surface area contributed by atoms with E-state index in [9.17, 15) is 14.4 Å². The molecule has 2 rings (SSSR count). The summed E-state index contributed by atoms with van der Waals surface area (Å²) in [5.41, 5.74) is 0.909. The van der Waals surface area contributed by atoms with Crippen molar-refractivity contribution in [1.29, 1.82) is 0 Å². The van der Waals surface area contributed by atoms with Crippen LogP contribution in [0.2, 0.25) is 0 Å². The molecule has 1 aromatic carbocycles. The number of nitrogens with zero attached hydrogens (tertiary/aromatic N) is 2. The lowest BCUT2D eigenvalue weighted by atomic mass is 10.1. The molecular weight excluding hydrogens is 336 g/mol. The molecule has 1 aromatic rings. The predicted octanol–water partition coefficient (Wildman–Crippen LogP) is 0.0250. The lowest BCUT2D eigenvalue weighted by molar-refractivity contribution is -0.137. The number of rotatable bonds is 9. The maximum Gasteiger partial charge on any atom is 0.277 e. The zero-order chi connectivity index (χ0) is 19.1. The van der Waals surface area contributed by atoms with E-state index in [4.69, 9.17) is 5.11 Å². The topological polar surface area (TPSA) is 102 Å². The van der Waals surface area contributed by atoms with Gasteiger partial charge in [-0.15, -0.1) is 0 Å². The van der Waals surface area contributed by atoms with Crippen molar-refractivity contribution in [3.8, 4) is 0 Å². The third kappa shape index (κ3) is 4.90. The van der Waals surface area contributed by atoms with Crippen molar-refractivity contribution in [1.82, 2.24) is 15.1 Å². The molecule has 0 saturated heterocycles. The zero-order valence-electron chi connectivity index (χ0n) is 15.0. The molecule has 0 unspecified atom stereocenters. The Morgan fingerprint density at radius 1 is 1.23 bits per heavy atom. The Bertz CT molecular complexity index is 715. The summed E-state index contributed by atoms with van der Waals surface area (Å²) in [6.07, 6.45) is 1.99. The second-order valence-electron chi connectivity index (χ2n) is 6.16. The number of β-amino-alcohol motifs (C(OH)–C–C–N with tert-alkyl or cyclic N) is 1. The highest BCUT2D eigenvalue weighted by molar-refractivity contribution is 6.17. The number of hydrogen-bond acceptors (Lipinski definition) is 6. The van der Waals surface area contributed by atoms with Gasteiger partial charge in [-0.25, -0.2) is 0 Å². The molecule has 1 heterocycles. The van der Waals surface area contributed by atoms with Crippen LogP contribution in [0.25, 0.3) is 0 Å². The van der Waals surface area contributed by atoms with E-state index in [-0.39, 0.29) is 24.8 Å². The summed E-state index contributed by atoms with van der Waals surface area (Å²) in [6, 6.07) is 6.78. The van der Waals surface area contributed by atoms with Crippen molar-refractivity contribution in [3.63, 3.8) is 0 Å². The van der Waals surface area contributed by atoms with Crippen LogP contribution in [0.1, 0.15) is 16.8 Å². The molecule has 26 heavy (non-hydrogen) atoms. The van der Waals surface area contributed by atoms with Gasteiger partial charge in [0.05, 0.1) is 24.4 Å². The standard InChI is InChI=1S/C18H24N4O4/c1-21(2)9-5-8-19-17(25)13-6-3-4-7-14(13)20-15-12-16(24)22(10-11-23)18(15)26/h3-4,6-7,12,20,23H,5,8-11H2,1-2H3,(H,19,25). The molecule has 0 bridgehead atoms. The number of anilines is 1. The van der Waals surface area contributed by atoms with Gasteiger partial charge in [0.15, 0.2) is 0 Å². The maximum absolute atomic E-state index is 12.4. The van der Waals surface area contributed by atoms with Crippen LogP contribution < -0.4 is 10.6 Å². The highest BCUT2D eigenvalue weighted by Gasteiger charge is 2.31. The molecule has 0 radical (unpaired) electrons. The summed E-state index contributed by atoms with van der Waals surface area (Å²) >= 11 is 0. The Morgan fingerprint density at radius 3 is 2.65 bits per heavy atom. The Kier molecular flexibility index (Phi) is 6.88. The first-order valence-corrected chi connectivity index (χ1v) is 8.41. The largest absolute Gasteiger partial charge is 0.395 e. The van der Waals surface area contributed by atoms with Gasteiger partial charge in [-0.3, -0.25) is 19.3 Å². The Hall–Kier alpha value is -2.71. The number of para-hydroxylation sites is 1. The number of nitrogens with one attached hydrogen (secondary N) is 2. The van der Waals surface area contributed by atoms with Crippen molar-refractivity contribution in [2.75, 3.05) is 45.7 Å². The van der Waals surface area contributed by atoms with E-state index in [1.807, 2.05) is 19.0 Å². The second kappa shape index (κ2) is 9.12. The molecular formula is C18H24N4O4. The first-order chi connectivity index (χ1) is 12.4. The van der Waals surface area contributed by atoms with Gasteiger partial charge in [-0.1, -0.05) is 12.1 Å². The first-order valence-electron chi connectivity index (χ1n) is 8.41. The Labute approximate surface area is 152 Å². The molecule has 0 atom stereocenters. The zero-order valence-corrected chi connectivity index (χ0v) is 15.0. The van der Waals surface area contributed by atoms with Crippen LogP contribution in [0.15, 0.2) is 36.0 Å². The summed E-state index contributed by atoms with van der Waals surface area (Å²) in [5, 5.41) is 14.7. The van der Waals surface area contributed by atoms with Crippen molar-refractivity contribution in [2.24, 2.45) is 0 Å². The molecule has 1 aliphatic heterocycles. The monoisotopic (exact) mass is 360 g/mol. The maximum atomic E-state index is 12.4. The van der Waals surface area contributed by atoms with E-state index in [1.165, 1.54) is 6.08 Å². The number of imide groups is 1. The normalized spacial score (nSPS) is 14.0. The summed E-state index contributed by atoms with van der Waals surface area (Å²) in [7, 11) is 3.93. The Morgan fingerprint density at radius 2 is 1.96 bits per heavy atom. The summed E-state index contributed by atoms with van der Waals surface area (Å²) < 4.78 is 0. The number of benzene rings is 1. The highest BCUT2D eigenvalue weighted by Crippen LogP contribution is 2.20. The average molecular weight is 360 g/mol. The lowest BCUT2D eigenvalue weighted by Gasteiger charge is -2.15. The molecule has 8 heteroatoms. The van der Waals surface area contributed by atoms with Crippen molar-refractivity contribution < 1.29 is 19.5 Å². The fourth-order valence-electron chi connectivity index (χ4n) is 2.54. The fourth-order valence-corrected chi connectivity index (χ4v) is 2.54. The average Bonchev–Trinajstić information content (AvgIpc) is 2.87. The minimum absolute atomic E-state index is 0.0621. The number of aliphatic hydroxyl groups excluding tert-OH is 1. The van der Waals surface area contributed by atoms with Gasteiger partial charge in [-0.2, -0.15) is 0 Å². The molecule has 0 aliphatic carbocycles. The predicted molar refractivity (Wildman–Crippen MR) is 97.5 cm³/mol. The molecule has 1 aliphatic rings. The van der Waals surface area contributed by atoms with Crippen LogP contribution >= 0.6 is 0 Å². The van der Waals surface area contributed by atoms with Gasteiger partial charge in [0.1, 0.15) is 5.70 Å². The molecule has 0 fully saturated rings. The first kappa shape index (κ1) is 19.6. The van der Waals surface area contributed by atoms with Gasteiger partial charge in [0, 0.05) is 12.6 Å². The molecule has 140 valence electrons. The van der Waals surface area contributed by atoms with E-state index in [1.54, 1.807) is 24.3 Å². The summed E-state index contributed by atoms with van der Waals surface area (Å²) in [5.74, 6) is -1.26. The van der Waals surface area contributed by atoms with E-state index >= 15 is 0 Å². The third-order valence-electron chi connectivity index (χ3n) is 3.84. The summed E-state index contributed by atoms with van der Waals surface area (Å²) in [4.78, 5) is 39.4. The van der Waals surface area contributed by atoms with Gasteiger partial charge >= 0.3 is 0 Å². The van der Waals surface area contributed by atoms with Crippen LogP contribution in [-0.4, -0.2) is 73.0 Å². The smallest absolute Gasteiger partial charge is 0.277 e. The van der Waals surface area contributed by atoms with Crippen molar-refractivity contribution in [2.45, 2.75) is 6.42 Å². The molecule has 3 amide bonds. The van der Waals surface area contributed by atoms with Crippen molar-refractivity contribution in [3.05, 3.63) is 41.6 Å². The van der Waals surface area contributed by atoms with E-state index in [0.717, 1.165) is 17.9 Å². The van der Waals surface area contributed by atoms with Gasteiger partial charge in [0.2, 0.25) is 0 Å². The number of carbonyl (C=O) groups excluding carboxylic acids is 3. The minimum Gasteiger partial charge on any atom is -0.395 e. The number of aliphatic hydroxyl groups is 1. The van der Waals surface area contributed by atoms with E-state index < -0.39 is 11.8 Å². The SMILES string of the molecule is CN(C)CCCNC(=O)c1ccccc1NC1=CC(=O)N(CCO)C1=O. The van der Waals surface area contributed by atoms with Gasteiger partial charge in [0.25, 0.3) is 17.7 Å². The van der Waals surface area contributed by atoms with Gasteiger partial charge < -0.3 is 20.6 Å². The number of hydrogen-bond donors (Lipinski definition) is 3. The van der Waals surface area contributed by atoms with Crippen LogP contribution in [0.3, 0.4) is 0 Å². The van der Waals surface area contributed by atoms with Crippen LogP contribution in [-0.2, 0) is 9.59 Å². The van der Waals surface area contributed by atoms with Crippen LogP contribution in [0.4, 0.5) is 5.69 Å². The quantitative estimate of drug-likeness (QED) is 0.424. The Balaban J connectivity index is 2.05. The number of amides is 3. The van der Waals surface area contributed by atoms with Crippen molar-refractivity contribution >= 4 is 23.4 Å². The second-order valence-corrected chi connectivity index (χ2v) is 6.16. The molecule has 0 aromatic heterocycles. The third-order valence-corrected chi connectivity index (χ3v) is 3.84. The van der Waals surface area contributed by atoms with Gasteiger partial charge in [-0.05, 0) is 39.2 Å². The summed E-state index contributed by atoms with van der Waals surface area (Å²) in [6.45, 7) is 1.04. The lowest BCUT2D eigenvalue weighted by Crippen LogP contribution is -2.34.